The molecule has 0 spiro atoms. The summed E-state index contributed by atoms with van der Waals surface area (Å²) in [6, 6.07) is 7.77. The van der Waals surface area contributed by atoms with Crippen LogP contribution >= 0.6 is 0 Å². The predicted octanol–water partition coefficient (Wildman–Crippen LogP) is 3.06. The number of H-pyrrole nitrogens is 1. The summed E-state index contributed by atoms with van der Waals surface area (Å²) >= 11 is 0. The van der Waals surface area contributed by atoms with Crippen molar-refractivity contribution >= 4 is 22.5 Å². The first-order chi connectivity index (χ1) is 9.65. The lowest BCUT2D eigenvalue weighted by atomic mass is 10.1. The highest BCUT2D eigenvalue weighted by atomic mass is 16.1. The van der Waals surface area contributed by atoms with Gasteiger partial charge in [0.1, 0.15) is 5.69 Å². The summed E-state index contributed by atoms with van der Waals surface area (Å²) in [6.45, 7) is 2.12. The number of nitrogens with two attached hydrogens (primary N) is 1. The summed E-state index contributed by atoms with van der Waals surface area (Å²) in [5.74, 6) is 0.801. The molecule has 3 rings (SSSR count). The minimum Gasteiger partial charge on any atom is -0.399 e. The van der Waals surface area contributed by atoms with Crippen molar-refractivity contribution < 1.29 is 4.79 Å². The molecule has 1 aliphatic carbocycles. The average molecular weight is 271 g/mol. The monoisotopic (exact) mass is 271 g/mol. The highest BCUT2D eigenvalue weighted by Crippen LogP contribution is 2.34. The van der Waals surface area contributed by atoms with E-state index in [-0.39, 0.29) is 11.9 Å². The third-order valence-corrected chi connectivity index (χ3v) is 4.03. The van der Waals surface area contributed by atoms with Gasteiger partial charge in [-0.2, -0.15) is 0 Å². The van der Waals surface area contributed by atoms with Crippen molar-refractivity contribution in [3.8, 4) is 0 Å². The van der Waals surface area contributed by atoms with E-state index in [1.54, 1.807) is 0 Å². The van der Waals surface area contributed by atoms with Crippen molar-refractivity contribution in [1.82, 2.24) is 10.3 Å². The maximum atomic E-state index is 12.3. The van der Waals surface area contributed by atoms with Crippen LogP contribution < -0.4 is 11.1 Å². The Morgan fingerprint density at radius 2 is 2.25 bits per heavy atom. The van der Waals surface area contributed by atoms with Gasteiger partial charge in [0.15, 0.2) is 0 Å². The average Bonchev–Trinajstić information content (AvgIpc) is 3.14. The van der Waals surface area contributed by atoms with Gasteiger partial charge >= 0.3 is 0 Å². The van der Waals surface area contributed by atoms with Gasteiger partial charge in [-0.1, -0.05) is 19.8 Å². The molecule has 106 valence electrons. The lowest BCUT2D eigenvalue weighted by Crippen LogP contribution is -2.34. The number of carbonyl (C=O) groups excluding carboxylic acids is 1. The molecule has 0 aliphatic heterocycles. The van der Waals surface area contributed by atoms with Gasteiger partial charge in [-0.05, 0) is 43.0 Å². The minimum absolute atomic E-state index is 0.0210. The number of hydrogen-bond acceptors (Lipinski definition) is 2. The molecule has 4 nitrogen and oxygen atoms in total. The molecule has 2 aromatic rings. The van der Waals surface area contributed by atoms with Crippen LogP contribution in [0, 0.1) is 5.92 Å². The van der Waals surface area contributed by atoms with Crippen LogP contribution in [-0.2, 0) is 0 Å². The zero-order chi connectivity index (χ0) is 14.1. The Kier molecular flexibility index (Phi) is 3.38. The summed E-state index contributed by atoms with van der Waals surface area (Å²) < 4.78 is 0. The highest BCUT2D eigenvalue weighted by Gasteiger charge is 2.25. The number of aromatic amines is 1. The third-order valence-electron chi connectivity index (χ3n) is 4.03. The lowest BCUT2D eigenvalue weighted by molar-refractivity contribution is 0.0928. The molecule has 1 unspecified atom stereocenters. The van der Waals surface area contributed by atoms with Gasteiger partial charge in [-0.3, -0.25) is 4.79 Å². The molecule has 1 atom stereocenters. The normalized spacial score (nSPS) is 16.2. The second-order valence-corrected chi connectivity index (χ2v) is 5.79. The van der Waals surface area contributed by atoms with Gasteiger partial charge in [-0.25, -0.2) is 0 Å². The van der Waals surface area contributed by atoms with Crippen LogP contribution in [-0.4, -0.2) is 16.9 Å². The summed E-state index contributed by atoms with van der Waals surface area (Å²) in [5, 5.41) is 4.11. The van der Waals surface area contributed by atoms with Crippen molar-refractivity contribution in [2.45, 2.75) is 38.6 Å². The largest absolute Gasteiger partial charge is 0.399 e. The number of nitrogens with one attached hydrogen (secondary N) is 2. The number of amides is 1. The van der Waals surface area contributed by atoms with Gasteiger partial charge in [0.05, 0.1) is 0 Å². The quantitative estimate of drug-likeness (QED) is 0.731. The zero-order valence-corrected chi connectivity index (χ0v) is 11.8. The zero-order valence-electron chi connectivity index (χ0n) is 11.8. The number of nitrogen functional groups attached to an aromatic ring is 1. The summed E-state index contributed by atoms with van der Waals surface area (Å²) in [6.07, 6.45) is 4.72. The van der Waals surface area contributed by atoms with Crippen LogP contribution in [0.1, 0.15) is 43.1 Å². The molecule has 1 aromatic heterocycles. The number of hydrogen-bond donors (Lipinski definition) is 3. The van der Waals surface area contributed by atoms with Crippen LogP contribution in [0.5, 0.6) is 0 Å². The van der Waals surface area contributed by atoms with E-state index < -0.39 is 0 Å². The second-order valence-electron chi connectivity index (χ2n) is 5.79. The lowest BCUT2D eigenvalue weighted by Gasteiger charge is -2.15. The predicted molar refractivity (Wildman–Crippen MR) is 81.6 cm³/mol. The maximum absolute atomic E-state index is 12.3. The molecule has 4 heteroatoms. The molecule has 1 amide bonds. The van der Waals surface area contributed by atoms with E-state index in [0.29, 0.717) is 11.4 Å². The molecule has 0 saturated heterocycles. The van der Waals surface area contributed by atoms with Crippen LogP contribution in [0.3, 0.4) is 0 Å². The van der Waals surface area contributed by atoms with Crippen molar-refractivity contribution in [1.29, 1.82) is 0 Å². The third kappa shape index (κ3) is 2.79. The fraction of sp³-hybridized carbons (Fsp3) is 0.438. The van der Waals surface area contributed by atoms with Gasteiger partial charge in [-0.15, -0.1) is 0 Å². The fourth-order valence-corrected chi connectivity index (χ4v) is 2.62. The number of carbonyl (C=O) groups is 1. The van der Waals surface area contributed by atoms with Gasteiger partial charge < -0.3 is 16.0 Å². The van der Waals surface area contributed by atoms with E-state index in [9.17, 15) is 4.79 Å². The molecule has 1 aliphatic rings. The summed E-state index contributed by atoms with van der Waals surface area (Å²) in [5.41, 5.74) is 8.03. The standard InChI is InChI=1S/C16H21N3O/c1-2-13(7-10-3-4-10)18-16(20)15-9-11-8-12(17)5-6-14(11)19-15/h5-6,8-10,13,19H,2-4,7,17H2,1H3,(H,18,20). The van der Waals surface area contributed by atoms with Crippen molar-refractivity contribution in [3.63, 3.8) is 0 Å². The maximum Gasteiger partial charge on any atom is 0.267 e. The Hall–Kier alpha value is -1.97. The number of rotatable bonds is 5. The highest BCUT2D eigenvalue weighted by molar-refractivity contribution is 5.98. The van der Waals surface area contributed by atoms with E-state index in [4.69, 9.17) is 5.73 Å². The molecule has 1 saturated carbocycles. The van der Waals surface area contributed by atoms with Gasteiger partial charge in [0.2, 0.25) is 0 Å². The Morgan fingerprint density at radius 1 is 1.45 bits per heavy atom. The fourth-order valence-electron chi connectivity index (χ4n) is 2.62. The first-order valence-corrected chi connectivity index (χ1v) is 7.35. The van der Waals surface area contributed by atoms with Gasteiger partial charge in [0, 0.05) is 22.6 Å². The van der Waals surface area contributed by atoms with Crippen molar-refractivity contribution in [2.24, 2.45) is 5.92 Å². The number of fused-ring (bicyclic) bond motifs is 1. The van der Waals surface area contributed by atoms with Crippen LogP contribution in [0.4, 0.5) is 5.69 Å². The van der Waals surface area contributed by atoms with Crippen LogP contribution in [0.2, 0.25) is 0 Å². The molecule has 1 aromatic carbocycles. The Balaban J connectivity index is 1.73. The van der Waals surface area contributed by atoms with E-state index in [2.05, 4.69) is 17.2 Å². The molecular formula is C16H21N3O. The second kappa shape index (κ2) is 5.19. The van der Waals surface area contributed by atoms with Crippen LogP contribution in [0.15, 0.2) is 24.3 Å². The first-order valence-electron chi connectivity index (χ1n) is 7.35. The van der Waals surface area contributed by atoms with Gasteiger partial charge in [0.25, 0.3) is 5.91 Å². The Morgan fingerprint density at radius 3 is 2.95 bits per heavy atom. The molecule has 0 bridgehead atoms. The molecule has 1 heterocycles. The molecular weight excluding hydrogens is 250 g/mol. The smallest absolute Gasteiger partial charge is 0.267 e. The van der Waals surface area contributed by atoms with Crippen molar-refractivity contribution in [3.05, 3.63) is 30.0 Å². The summed E-state index contributed by atoms with van der Waals surface area (Å²) in [7, 11) is 0. The van der Waals surface area contributed by atoms with E-state index >= 15 is 0 Å². The SMILES string of the molecule is CCC(CC1CC1)NC(=O)c1cc2cc(N)ccc2[nH]1. The molecule has 0 radical (unpaired) electrons. The number of benzene rings is 1. The van der Waals surface area contributed by atoms with Crippen LogP contribution in [0.25, 0.3) is 10.9 Å². The van der Waals surface area contributed by atoms with Crippen molar-refractivity contribution in [2.75, 3.05) is 5.73 Å². The minimum atomic E-state index is -0.0210. The van der Waals surface area contributed by atoms with E-state index in [1.807, 2.05) is 24.3 Å². The molecule has 1 fully saturated rings. The Bertz CT molecular complexity index is 628. The number of aromatic nitrogens is 1. The molecule has 20 heavy (non-hydrogen) atoms. The van der Waals surface area contributed by atoms with E-state index in [0.717, 1.165) is 29.7 Å². The first kappa shape index (κ1) is 13.0. The van der Waals surface area contributed by atoms with E-state index in [1.165, 1.54) is 12.8 Å². The topological polar surface area (TPSA) is 70.9 Å². The number of anilines is 1. The molecule has 4 N–H and O–H groups in total. The Labute approximate surface area is 118 Å². The summed E-state index contributed by atoms with van der Waals surface area (Å²) in [4.78, 5) is 15.5.